The van der Waals surface area contributed by atoms with Crippen LogP contribution in [0.5, 0.6) is 0 Å². The number of aromatic nitrogens is 4. The fraction of sp³-hybridized carbons (Fsp3) is 0. The third kappa shape index (κ3) is 4.84. The first-order valence-electron chi connectivity index (χ1n) is 17.2. The van der Waals surface area contributed by atoms with Crippen molar-refractivity contribution in [3.63, 3.8) is 0 Å². The zero-order chi connectivity index (χ0) is 34.6. The van der Waals surface area contributed by atoms with Gasteiger partial charge in [-0.25, -0.2) is 0 Å². The molecule has 9 aromatic rings. The van der Waals surface area contributed by atoms with E-state index in [1.165, 1.54) is 37.7 Å². The molecule has 3 heterocycles. The summed E-state index contributed by atoms with van der Waals surface area (Å²) < 4.78 is 2.40. The second-order valence-corrected chi connectivity index (χ2v) is 19.1. The number of para-hydroxylation sites is 3. The summed E-state index contributed by atoms with van der Waals surface area (Å²) in [5.41, 5.74) is 6.70. The van der Waals surface area contributed by atoms with Gasteiger partial charge in [0.15, 0.2) is 0 Å². The second-order valence-electron chi connectivity index (χ2n) is 12.9. The van der Waals surface area contributed by atoms with E-state index in [1.54, 1.807) is 6.33 Å². The van der Waals surface area contributed by atoms with E-state index in [0.717, 1.165) is 33.9 Å². The fourth-order valence-electron chi connectivity index (χ4n) is 7.56. The first-order valence-corrected chi connectivity index (χ1v) is 21.2. The zero-order valence-corrected chi connectivity index (χ0v) is 30.5. The molecule has 0 spiro atoms. The molecule has 5 nitrogen and oxygen atoms in total. The second kappa shape index (κ2) is 12.4. The molecule has 0 N–H and O–H groups in total. The van der Waals surface area contributed by atoms with E-state index in [4.69, 9.17) is 9.97 Å². The van der Waals surface area contributed by atoms with Crippen LogP contribution in [0.4, 0.5) is 17.1 Å². The van der Waals surface area contributed by atoms with Gasteiger partial charge in [-0.2, -0.15) is 0 Å². The van der Waals surface area contributed by atoms with Crippen LogP contribution in [0.15, 0.2) is 182 Å². The monoisotopic (exact) mass is 751 g/mol. The number of benzene rings is 7. The van der Waals surface area contributed by atoms with Crippen LogP contribution in [-0.2, 0) is 0 Å². The van der Waals surface area contributed by atoms with Gasteiger partial charge < -0.3 is 4.57 Å². The van der Waals surface area contributed by atoms with E-state index in [1.807, 2.05) is 0 Å². The Hall–Kier alpha value is -5.90. The Morgan fingerprint density at radius 2 is 1.04 bits per heavy atom. The van der Waals surface area contributed by atoms with Gasteiger partial charge in [-0.3, -0.25) is 0 Å². The number of nitrogens with zero attached hydrogens (tertiary/aromatic N) is 5. The zero-order valence-electron chi connectivity index (χ0n) is 27.9. The molecule has 7 heteroatoms. The number of anilines is 3. The van der Waals surface area contributed by atoms with Gasteiger partial charge in [0.2, 0.25) is 0 Å². The van der Waals surface area contributed by atoms with Crippen molar-refractivity contribution in [3.05, 3.63) is 182 Å². The molecular weight excluding hydrogens is 720 g/mol. The molecule has 0 amide bonds. The predicted molar refractivity (Wildman–Crippen MR) is 218 cm³/mol. The quantitative estimate of drug-likeness (QED) is 0.126. The van der Waals surface area contributed by atoms with Crippen LogP contribution in [0.2, 0.25) is 0 Å². The van der Waals surface area contributed by atoms with Crippen molar-refractivity contribution < 1.29 is 0 Å². The van der Waals surface area contributed by atoms with Crippen molar-refractivity contribution in [2.75, 3.05) is 4.90 Å². The molecule has 0 atom stereocenters. The van der Waals surface area contributed by atoms with Crippen LogP contribution in [0, 0.1) is 0 Å². The van der Waals surface area contributed by atoms with Crippen LogP contribution in [0.25, 0.3) is 50.3 Å². The standard InChI is InChI=1S/C45H30N5PSe/c52-51(34-15-6-2-7-16-34,35-17-8-3-9-18-35)36-26-23-31(24-27-36)44-46-30-47-45(48-44)32-25-28-40-42(29-32)49(33-13-4-1-5-14-33)41-22-12-20-38-37-19-10-11-21-39(37)50(40)43(38)41/h1-30H. The van der Waals surface area contributed by atoms with Gasteiger partial charge in [-0.15, -0.1) is 0 Å². The molecule has 0 fully saturated rings. The SMILES string of the molecule is [Se]=P(c1ccccc1)(c1ccccc1)c1ccc(-c2ncnc(-c3ccc4c(c3)N(c3ccccc3)c3cccc5c6ccccc6n-4c35)n2)cc1. The molecule has 0 bridgehead atoms. The molecule has 0 radical (unpaired) electrons. The molecule has 10 rings (SSSR count). The van der Waals surface area contributed by atoms with Crippen molar-refractivity contribution in [2.24, 2.45) is 0 Å². The summed E-state index contributed by atoms with van der Waals surface area (Å²) in [5, 5.41) is 6.33. The Morgan fingerprint density at radius 3 is 1.75 bits per heavy atom. The van der Waals surface area contributed by atoms with Crippen LogP contribution in [0.1, 0.15) is 0 Å². The molecule has 7 aromatic carbocycles. The van der Waals surface area contributed by atoms with Gasteiger partial charge in [-0.05, 0) is 24.3 Å². The molecule has 246 valence electrons. The van der Waals surface area contributed by atoms with Crippen LogP contribution < -0.4 is 20.8 Å². The Labute approximate surface area is 309 Å². The van der Waals surface area contributed by atoms with Crippen molar-refractivity contribution in [1.29, 1.82) is 0 Å². The van der Waals surface area contributed by atoms with Crippen LogP contribution in [-0.4, -0.2) is 34.6 Å². The summed E-state index contributed by atoms with van der Waals surface area (Å²) in [4.78, 5) is 16.7. The van der Waals surface area contributed by atoms with Gasteiger partial charge in [0.1, 0.15) is 0 Å². The third-order valence-electron chi connectivity index (χ3n) is 9.94. The summed E-state index contributed by atoms with van der Waals surface area (Å²) in [7, 11) is 0. The van der Waals surface area contributed by atoms with Crippen molar-refractivity contribution in [2.45, 2.75) is 0 Å². The summed E-state index contributed by atoms with van der Waals surface area (Å²) in [5.74, 6) is 1.27. The van der Waals surface area contributed by atoms with E-state index >= 15 is 0 Å². The molecule has 0 aliphatic carbocycles. The average Bonchev–Trinajstić information content (AvgIpc) is 3.57. The molecule has 1 aliphatic rings. The average molecular weight is 751 g/mol. The molecule has 2 aromatic heterocycles. The molecule has 52 heavy (non-hydrogen) atoms. The first kappa shape index (κ1) is 30.9. The van der Waals surface area contributed by atoms with Crippen molar-refractivity contribution in [3.8, 4) is 28.5 Å². The number of hydrogen-bond donors (Lipinski definition) is 0. The number of rotatable bonds is 6. The molecule has 0 saturated heterocycles. The maximum atomic E-state index is 5.04. The van der Waals surface area contributed by atoms with Crippen molar-refractivity contribution in [1.82, 2.24) is 19.5 Å². The molecule has 0 saturated carbocycles. The fourth-order valence-corrected chi connectivity index (χ4v) is 12.5. The number of fused-ring (bicyclic) bond motifs is 5. The van der Waals surface area contributed by atoms with Gasteiger partial charge in [0.05, 0.1) is 16.7 Å². The molecular formula is C45H30N5PSe. The van der Waals surface area contributed by atoms with Crippen molar-refractivity contribution >= 4 is 75.4 Å². The summed E-state index contributed by atoms with van der Waals surface area (Å²) >= 11 is 3.65. The van der Waals surface area contributed by atoms with Gasteiger partial charge in [0.25, 0.3) is 0 Å². The van der Waals surface area contributed by atoms with E-state index in [2.05, 4.69) is 205 Å². The van der Waals surface area contributed by atoms with Crippen LogP contribution >= 0.6 is 5.51 Å². The van der Waals surface area contributed by atoms with E-state index in [9.17, 15) is 0 Å². The topological polar surface area (TPSA) is 46.8 Å². The summed E-state index contributed by atoms with van der Waals surface area (Å²) in [6.45, 7) is 0. The van der Waals surface area contributed by atoms with Gasteiger partial charge >= 0.3 is 200 Å². The normalized spacial score (nSPS) is 12.3. The minimum absolute atomic E-state index is 0.630. The number of hydrogen-bond acceptors (Lipinski definition) is 4. The predicted octanol–water partition coefficient (Wildman–Crippen LogP) is 9.46. The minimum atomic E-state index is -1.97. The Kier molecular flexibility index (Phi) is 7.37. The Balaban J connectivity index is 1.08. The third-order valence-corrected chi connectivity index (χ3v) is 17.0. The Morgan fingerprint density at radius 1 is 0.462 bits per heavy atom. The van der Waals surface area contributed by atoms with E-state index < -0.39 is 5.51 Å². The summed E-state index contributed by atoms with van der Waals surface area (Å²) in [6, 6.07) is 62.6. The van der Waals surface area contributed by atoms with Gasteiger partial charge in [0, 0.05) is 16.5 Å². The maximum absolute atomic E-state index is 5.04. The van der Waals surface area contributed by atoms with E-state index in [0.29, 0.717) is 11.6 Å². The van der Waals surface area contributed by atoms with Crippen LogP contribution in [0.3, 0.4) is 0 Å². The Bertz CT molecular complexity index is 2780. The van der Waals surface area contributed by atoms with E-state index in [-0.39, 0.29) is 0 Å². The summed E-state index contributed by atoms with van der Waals surface area (Å²) in [6.07, 6.45) is 1.62. The molecule has 1 aliphatic heterocycles. The first-order chi connectivity index (χ1) is 25.7. The molecule has 0 unspecified atom stereocenters. The van der Waals surface area contributed by atoms with Gasteiger partial charge in [-0.1, -0.05) is 48.5 Å².